The largest absolute Gasteiger partial charge is 0.489 e. The molecule has 1 aromatic carbocycles. The summed E-state index contributed by atoms with van der Waals surface area (Å²) in [6.45, 7) is 5.78. The van der Waals surface area contributed by atoms with Gasteiger partial charge in [0.05, 0.1) is 17.7 Å². The van der Waals surface area contributed by atoms with Crippen molar-refractivity contribution >= 4 is 18.3 Å². The van der Waals surface area contributed by atoms with Crippen molar-refractivity contribution in [2.45, 2.75) is 33.3 Å². The molecule has 1 amide bonds. The SMILES string of the molecule is CNCCCNC(=O)Cc1ccc(OCc2c(C)noc2C)cc1.Cl. The lowest BCUT2D eigenvalue weighted by Gasteiger charge is -2.08. The van der Waals surface area contributed by atoms with Crippen molar-refractivity contribution in [1.82, 2.24) is 15.8 Å². The molecule has 0 saturated heterocycles. The number of aromatic nitrogens is 1. The van der Waals surface area contributed by atoms with Crippen molar-refractivity contribution in [2.75, 3.05) is 20.1 Å². The zero-order valence-corrected chi connectivity index (χ0v) is 15.7. The van der Waals surface area contributed by atoms with Crippen LogP contribution < -0.4 is 15.4 Å². The van der Waals surface area contributed by atoms with Gasteiger partial charge in [-0.15, -0.1) is 12.4 Å². The predicted octanol–water partition coefficient (Wildman–Crippen LogP) is 2.56. The Balaban J connectivity index is 0.00000312. The number of nitrogens with one attached hydrogen (secondary N) is 2. The molecule has 0 aliphatic rings. The third-order valence-corrected chi connectivity index (χ3v) is 3.78. The average Bonchev–Trinajstić information content (AvgIpc) is 2.89. The Labute approximate surface area is 154 Å². The molecule has 1 heterocycles. The van der Waals surface area contributed by atoms with E-state index in [0.29, 0.717) is 19.6 Å². The van der Waals surface area contributed by atoms with Crippen LogP contribution in [-0.4, -0.2) is 31.2 Å². The molecule has 0 spiro atoms. The van der Waals surface area contributed by atoms with E-state index >= 15 is 0 Å². The van der Waals surface area contributed by atoms with Crippen LogP contribution >= 0.6 is 12.4 Å². The topological polar surface area (TPSA) is 76.4 Å². The van der Waals surface area contributed by atoms with Gasteiger partial charge in [-0.3, -0.25) is 4.79 Å². The molecule has 2 N–H and O–H groups in total. The Kier molecular flexibility index (Phi) is 9.02. The van der Waals surface area contributed by atoms with Gasteiger partial charge in [-0.05, 0) is 51.6 Å². The van der Waals surface area contributed by atoms with Gasteiger partial charge in [0, 0.05) is 6.54 Å². The van der Waals surface area contributed by atoms with Gasteiger partial charge in [0.2, 0.25) is 5.91 Å². The lowest BCUT2D eigenvalue weighted by Crippen LogP contribution is -2.27. The molecule has 1 aromatic heterocycles. The Hall–Kier alpha value is -2.05. The van der Waals surface area contributed by atoms with Gasteiger partial charge in [-0.1, -0.05) is 17.3 Å². The molecule has 138 valence electrons. The highest BCUT2D eigenvalue weighted by molar-refractivity contribution is 5.85. The third kappa shape index (κ3) is 6.76. The highest BCUT2D eigenvalue weighted by atomic mass is 35.5. The lowest BCUT2D eigenvalue weighted by molar-refractivity contribution is -0.120. The second-order valence-electron chi connectivity index (χ2n) is 5.72. The smallest absolute Gasteiger partial charge is 0.224 e. The maximum absolute atomic E-state index is 11.8. The number of hydrogen-bond acceptors (Lipinski definition) is 5. The van der Waals surface area contributed by atoms with Gasteiger partial charge >= 0.3 is 0 Å². The maximum atomic E-state index is 11.8. The molecule has 0 saturated carbocycles. The summed E-state index contributed by atoms with van der Waals surface area (Å²) in [6, 6.07) is 7.58. The Morgan fingerprint density at radius 2 is 1.92 bits per heavy atom. The van der Waals surface area contributed by atoms with Gasteiger partial charge in [-0.2, -0.15) is 0 Å². The molecule has 0 aliphatic carbocycles. The molecule has 0 aliphatic heterocycles. The van der Waals surface area contributed by atoms with E-state index in [4.69, 9.17) is 9.26 Å². The Bertz CT molecular complexity index is 637. The number of rotatable bonds is 9. The minimum atomic E-state index is 0. The summed E-state index contributed by atoms with van der Waals surface area (Å²) in [4.78, 5) is 11.8. The van der Waals surface area contributed by atoms with Crippen molar-refractivity contribution in [3.8, 4) is 5.75 Å². The maximum Gasteiger partial charge on any atom is 0.224 e. The van der Waals surface area contributed by atoms with E-state index in [1.165, 1.54) is 0 Å². The monoisotopic (exact) mass is 367 g/mol. The number of nitrogens with zero attached hydrogens (tertiary/aromatic N) is 1. The summed E-state index contributed by atoms with van der Waals surface area (Å²) >= 11 is 0. The van der Waals surface area contributed by atoms with E-state index in [0.717, 1.165) is 41.3 Å². The van der Waals surface area contributed by atoms with E-state index in [1.807, 2.05) is 45.2 Å². The van der Waals surface area contributed by atoms with Gasteiger partial charge in [0.1, 0.15) is 18.1 Å². The van der Waals surface area contributed by atoms with Gasteiger partial charge in [0.25, 0.3) is 0 Å². The van der Waals surface area contributed by atoms with Crippen LogP contribution in [0, 0.1) is 13.8 Å². The zero-order valence-electron chi connectivity index (χ0n) is 14.9. The summed E-state index contributed by atoms with van der Waals surface area (Å²) in [5.74, 6) is 1.57. The fourth-order valence-electron chi connectivity index (χ4n) is 2.31. The van der Waals surface area contributed by atoms with Gasteiger partial charge in [-0.25, -0.2) is 0 Å². The predicted molar refractivity (Wildman–Crippen MR) is 99.3 cm³/mol. The first-order valence-corrected chi connectivity index (χ1v) is 8.15. The number of hydrogen-bond donors (Lipinski definition) is 2. The Morgan fingerprint density at radius 1 is 1.20 bits per heavy atom. The molecule has 7 heteroatoms. The fraction of sp³-hybridized carbons (Fsp3) is 0.444. The van der Waals surface area contributed by atoms with Crippen LogP contribution in [0.15, 0.2) is 28.8 Å². The zero-order chi connectivity index (χ0) is 17.4. The highest BCUT2D eigenvalue weighted by Gasteiger charge is 2.09. The van der Waals surface area contributed by atoms with Gasteiger partial charge in [0.15, 0.2) is 0 Å². The average molecular weight is 368 g/mol. The minimum Gasteiger partial charge on any atom is -0.489 e. The number of aryl methyl sites for hydroxylation is 2. The van der Waals surface area contributed by atoms with Crippen LogP contribution in [0.5, 0.6) is 5.75 Å². The molecule has 0 radical (unpaired) electrons. The summed E-state index contributed by atoms with van der Waals surface area (Å²) < 4.78 is 10.9. The molecule has 25 heavy (non-hydrogen) atoms. The number of carbonyl (C=O) groups is 1. The number of benzene rings is 1. The summed E-state index contributed by atoms with van der Waals surface area (Å²) in [5, 5.41) is 9.87. The summed E-state index contributed by atoms with van der Waals surface area (Å²) in [5.41, 5.74) is 2.78. The second kappa shape index (κ2) is 10.7. The quantitative estimate of drug-likeness (QED) is 0.666. The molecule has 0 unspecified atom stereocenters. The van der Waals surface area contributed by atoms with E-state index in [-0.39, 0.29) is 18.3 Å². The molecular weight excluding hydrogens is 342 g/mol. The number of ether oxygens (including phenoxy) is 1. The van der Waals surface area contributed by atoms with Crippen LogP contribution in [-0.2, 0) is 17.8 Å². The molecular formula is C18H26ClN3O3. The number of halogens is 1. The first kappa shape index (κ1) is 21.0. The van der Waals surface area contributed by atoms with E-state index in [1.54, 1.807) is 0 Å². The van der Waals surface area contributed by atoms with Crippen LogP contribution in [0.2, 0.25) is 0 Å². The molecule has 0 fully saturated rings. The number of carbonyl (C=O) groups excluding carboxylic acids is 1. The minimum absolute atomic E-state index is 0. The van der Waals surface area contributed by atoms with Crippen LogP contribution in [0.3, 0.4) is 0 Å². The van der Waals surface area contributed by atoms with Crippen molar-refractivity contribution in [3.05, 3.63) is 46.8 Å². The molecule has 6 nitrogen and oxygen atoms in total. The molecule has 2 aromatic rings. The van der Waals surface area contributed by atoms with E-state index < -0.39 is 0 Å². The van der Waals surface area contributed by atoms with Crippen LogP contribution in [0.4, 0.5) is 0 Å². The van der Waals surface area contributed by atoms with Gasteiger partial charge < -0.3 is 19.9 Å². The highest BCUT2D eigenvalue weighted by Crippen LogP contribution is 2.18. The Morgan fingerprint density at radius 3 is 2.52 bits per heavy atom. The normalized spacial score (nSPS) is 10.2. The van der Waals surface area contributed by atoms with Crippen molar-refractivity contribution in [1.29, 1.82) is 0 Å². The second-order valence-corrected chi connectivity index (χ2v) is 5.72. The van der Waals surface area contributed by atoms with Crippen molar-refractivity contribution < 1.29 is 14.1 Å². The van der Waals surface area contributed by atoms with Crippen molar-refractivity contribution in [3.63, 3.8) is 0 Å². The van der Waals surface area contributed by atoms with E-state index in [2.05, 4.69) is 15.8 Å². The number of amides is 1. The summed E-state index contributed by atoms with van der Waals surface area (Å²) in [6.07, 6.45) is 1.31. The third-order valence-electron chi connectivity index (χ3n) is 3.78. The molecule has 2 rings (SSSR count). The standard InChI is InChI=1S/C18H25N3O3.ClH/c1-13-17(14(2)24-21-13)12-23-16-7-5-15(6-8-16)11-18(22)20-10-4-9-19-3;/h5-8,19H,4,9-12H2,1-3H3,(H,20,22);1H. The summed E-state index contributed by atoms with van der Waals surface area (Å²) in [7, 11) is 1.90. The lowest BCUT2D eigenvalue weighted by atomic mass is 10.1. The first-order valence-electron chi connectivity index (χ1n) is 8.15. The fourth-order valence-corrected chi connectivity index (χ4v) is 2.31. The first-order chi connectivity index (χ1) is 11.6. The molecule has 0 atom stereocenters. The van der Waals surface area contributed by atoms with Crippen LogP contribution in [0.1, 0.15) is 29.0 Å². The van der Waals surface area contributed by atoms with Crippen LogP contribution in [0.25, 0.3) is 0 Å². The van der Waals surface area contributed by atoms with Crippen molar-refractivity contribution in [2.24, 2.45) is 0 Å². The van der Waals surface area contributed by atoms with E-state index in [9.17, 15) is 4.79 Å². The molecule has 0 bridgehead atoms.